The summed E-state index contributed by atoms with van der Waals surface area (Å²) in [4.78, 5) is 24.6. The van der Waals surface area contributed by atoms with Crippen molar-refractivity contribution in [3.63, 3.8) is 0 Å². The SMILES string of the molecule is CCOc1ccccc1C(=O)NCC(=O)Nc1ccc(S(=O)(=O)NCc2ccco2)cc1. The number of furan rings is 1. The fourth-order valence-electron chi connectivity index (χ4n) is 2.78. The Labute approximate surface area is 185 Å². The van der Waals surface area contributed by atoms with Crippen molar-refractivity contribution in [2.75, 3.05) is 18.5 Å². The molecule has 0 saturated heterocycles. The van der Waals surface area contributed by atoms with Crippen molar-refractivity contribution < 1.29 is 27.2 Å². The average Bonchev–Trinajstić information content (AvgIpc) is 3.31. The van der Waals surface area contributed by atoms with E-state index in [-0.39, 0.29) is 18.0 Å². The van der Waals surface area contributed by atoms with E-state index in [1.165, 1.54) is 30.5 Å². The third-order valence-electron chi connectivity index (χ3n) is 4.31. The molecule has 1 aromatic heterocycles. The molecule has 168 valence electrons. The number of hydrogen-bond acceptors (Lipinski definition) is 6. The predicted octanol–water partition coefficient (Wildman–Crippen LogP) is 2.53. The summed E-state index contributed by atoms with van der Waals surface area (Å²) in [6.07, 6.45) is 1.46. The van der Waals surface area contributed by atoms with Gasteiger partial charge in [-0.2, -0.15) is 0 Å². The maximum Gasteiger partial charge on any atom is 0.255 e. The van der Waals surface area contributed by atoms with Crippen LogP contribution in [0.15, 0.2) is 76.2 Å². The Kier molecular flexibility index (Phi) is 7.63. The van der Waals surface area contributed by atoms with Gasteiger partial charge < -0.3 is 19.8 Å². The first-order valence-electron chi connectivity index (χ1n) is 9.81. The van der Waals surface area contributed by atoms with E-state index in [0.717, 1.165) is 0 Å². The van der Waals surface area contributed by atoms with Crippen LogP contribution in [0.1, 0.15) is 23.0 Å². The Morgan fingerprint density at radius 3 is 2.44 bits per heavy atom. The first-order valence-corrected chi connectivity index (χ1v) is 11.3. The van der Waals surface area contributed by atoms with E-state index in [0.29, 0.717) is 29.4 Å². The van der Waals surface area contributed by atoms with Gasteiger partial charge in [0.2, 0.25) is 15.9 Å². The fraction of sp³-hybridized carbons (Fsp3) is 0.182. The molecule has 3 aromatic rings. The number of sulfonamides is 1. The number of rotatable bonds is 10. The topological polar surface area (TPSA) is 127 Å². The van der Waals surface area contributed by atoms with Gasteiger partial charge in [-0.1, -0.05) is 12.1 Å². The number of anilines is 1. The average molecular weight is 458 g/mol. The Balaban J connectivity index is 1.53. The zero-order chi connectivity index (χ0) is 23.0. The number of carbonyl (C=O) groups excluding carboxylic acids is 2. The van der Waals surface area contributed by atoms with Crippen LogP contribution in [0.3, 0.4) is 0 Å². The van der Waals surface area contributed by atoms with Crippen LogP contribution in [0.5, 0.6) is 5.75 Å². The van der Waals surface area contributed by atoms with Gasteiger partial charge in [0.05, 0.1) is 36.4 Å². The van der Waals surface area contributed by atoms with Gasteiger partial charge in [-0.25, -0.2) is 13.1 Å². The summed E-state index contributed by atoms with van der Waals surface area (Å²) >= 11 is 0. The van der Waals surface area contributed by atoms with Crippen LogP contribution in [0, 0.1) is 0 Å². The van der Waals surface area contributed by atoms with Crippen LogP contribution in [-0.4, -0.2) is 33.4 Å². The summed E-state index contributed by atoms with van der Waals surface area (Å²) in [5, 5.41) is 5.14. The number of ether oxygens (including phenoxy) is 1. The molecule has 10 heteroatoms. The van der Waals surface area contributed by atoms with Crippen molar-refractivity contribution in [3.8, 4) is 5.75 Å². The van der Waals surface area contributed by atoms with E-state index in [9.17, 15) is 18.0 Å². The van der Waals surface area contributed by atoms with Crippen molar-refractivity contribution in [2.24, 2.45) is 0 Å². The molecule has 2 aromatic carbocycles. The molecule has 32 heavy (non-hydrogen) atoms. The maximum absolute atomic E-state index is 12.3. The largest absolute Gasteiger partial charge is 0.493 e. The van der Waals surface area contributed by atoms with E-state index in [4.69, 9.17) is 9.15 Å². The maximum atomic E-state index is 12.3. The Morgan fingerprint density at radius 1 is 1.00 bits per heavy atom. The summed E-state index contributed by atoms with van der Waals surface area (Å²) in [7, 11) is -3.73. The minimum Gasteiger partial charge on any atom is -0.493 e. The van der Waals surface area contributed by atoms with Crippen molar-refractivity contribution >= 4 is 27.5 Å². The molecule has 0 aliphatic carbocycles. The van der Waals surface area contributed by atoms with Crippen LogP contribution in [0.25, 0.3) is 0 Å². The van der Waals surface area contributed by atoms with E-state index in [2.05, 4.69) is 15.4 Å². The lowest BCUT2D eigenvalue weighted by Crippen LogP contribution is -2.33. The van der Waals surface area contributed by atoms with E-state index in [1.54, 1.807) is 36.4 Å². The van der Waals surface area contributed by atoms with E-state index >= 15 is 0 Å². The second-order valence-electron chi connectivity index (χ2n) is 6.59. The number of nitrogens with one attached hydrogen (secondary N) is 3. The highest BCUT2D eigenvalue weighted by atomic mass is 32.2. The normalized spacial score (nSPS) is 11.0. The third kappa shape index (κ3) is 6.19. The van der Waals surface area contributed by atoms with Crippen LogP contribution in [-0.2, 0) is 21.4 Å². The van der Waals surface area contributed by atoms with Crippen LogP contribution < -0.4 is 20.1 Å². The second kappa shape index (κ2) is 10.6. The monoisotopic (exact) mass is 457 g/mol. The molecule has 9 nitrogen and oxygen atoms in total. The van der Waals surface area contributed by atoms with E-state index < -0.39 is 21.8 Å². The van der Waals surface area contributed by atoms with Crippen LogP contribution in [0.2, 0.25) is 0 Å². The number of amides is 2. The molecule has 0 spiro atoms. The molecule has 0 fully saturated rings. The van der Waals surface area contributed by atoms with Gasteiger partial charge in [0.15, 0.2) is 0 Å². The molecule has 3 N–H and O–H groups in total. The van der Waals surface area contributed by atoms with E-state index in [1.807, 2.05) is 6.92 Å². The first kappa shape index (κ1) is 23.0. The first-order chi connectivity index (χ1) is 15.4. The summed E-state index contributed by atoms with van der Waals surface area (Å²) in [6, 6.07) is 15.7. The van der Waals surface area contributed by atoms with Gasteiger partial charge in [0.25, 0.3) is 5.91 Å². The second-order valence-corrected chi connectivity index (χ2v) is 8.36. The quantitative estimate of drug-likeness (QED) is 0.429. The third-order valence-corrected chi connectivity index (χ3v) is 5.72. The standard InChI is InChI=1S/C22H23N3O6S/c1-2-30-20-8-4-3-7-19(20)22(27)23-15-21(26)25-16-9-11-18(12-10-16)32(28,29)24-14-17-6-5-13-31-17/h3-13,24H,2,14-15H2,1H3,(H,23,27)(H,25,26). The lowest BCUT2D eigenvalue weighted by molar-refractivity contribution is -0.115. The van der Waals surface area contributed by atoms with Crippen molar-refractivity contribution in [3.05, 3.63) is 78.3 Å². The molecule has 3 rings (SSSR count). The Morgan fingerprint density at radius 2 is 1.75 bits per heavy atom. The number of hydrogen-bond donors (Lipinski definition) is 3. The Bertz CT molecular complexity index is 1160. The Hall–Kier alpha value is -3.63. The molecule has 1 heterocycles. The van der Waals surface area contributed by atoms with Crippen LogP contribution in [0.4, 0.5) is 5.69 Å². The van der Waals surface area contributed by atoms with Gasteiger partial charge in [0.1, 0.15) is 11.5 Å². The lowest BCUT2D eigenvalue weighted by atomic mass is 10.2. The smallest absolute Gasteiger partial charge is 0.255 e. The molecule has 0 radical (unpaired) electrons. The minimum absolute atomic E-state index is 0.0277. The van der Waals surface area contributed by atoms with Gasteiger partial charge in [-0.3, -0.25) is 9.59 Å². The molecule has 0 bridgehead atoms. The molecule has 0 saturated carbocycles. The van der Waals surface area contributed by atoms with Crippen LogP contribution >= 0.6 is 0 Å². The predicted molar refractivity (Wildman–Crippen MR) is 118 cm³/mol. The molecule has 0 aliphatic heterocycles. The minimum atomic E-state index is -3.73. The number of carbonyl (C=O) groups is 2. The molecule has 0 aliphatic rings. The number of para-hydroxylation sites is 1. The summed E-state index contributed by atoms with van der Waals surface area (Å²) < 4.78 is 37.7. The molecule has 2 amide bonds. The molecule has 0 atom stereocenters. The number of benzene rings is 2. The van der Waals surface area contributed by atoms with Crippen molar-refractivity contribution in [2.45, 2.75) is 18.4 Å². The van der Waals surface area contributed by atoms with Gasteiger partial charge in [-0.05, 0) is 55.5 Å². The highest BCUT2D eigenvalue weighted by Gasteiger charge is 2.15. The molecular weight excluding hydrogens is 434 g/mol. The van der Waals surface area contributed by atoms with Gasteiger partial charge >= 0.3 is 0 Å². The highest BCUT2D eigenvalue weighted by molar-refractivity contribution is 7.89. The summed E-state index contributed by atoms with van der Waals surface area (Å²) in [5.41, 5.74) is 0.725. The van der Waals surface area contributed by atoms with Gasteiger partial charge in [0, 0.05) is 5.69 Å². The molecule has 0 unspecified atom stereocenters. The van der Waals surface area contributed by atoms with Crippen molar-refractivity contribution in [1.29, 1.82) is 0 Å². The van der Waals surface area contributed by atoms with Gasteiger partial charge in [-0.15, -0.1) is 0 Å². The molecular formula is C22H23N3O6S. The zero-order valence-electron chi connectivity index (χ0n) is 17.3. The van der Waals surface area contributed by atoms with Crippen molar-refractivity contribution in [1.82, 2.24) is 10.0 Å². The highest BCUT2D eigenvalue weighted by Crippen LogP contribution is 2.18. The summed E-state index contributed by atoms with van der Waals surface area (Å²) in [5.74, 6) is 0.0285. The lowest BCUT2D eigenvalue weighted by Gasteiger charge is -2.11. The zero-order valence-corrected chi connectivity index (χ0v) is 18.1. The summed E-state index contributed by atoms with van der Waals surface area (Å²) in [6.45, 7) is 1.99. The fourth-order valence-corrected chi connectivity index (χ4v) is 3.77.